The Morgan fingerprint density at radius 2 is 2.25 bits per heavy atom. The number of halogens is 3. The highest BCUT2D eigenvalue weighted by Crippen LogP contribution is 2.30. The van der Waals surface area contributed by atoms with Crippen LogP contribution in [0, 0.1) is 0 Å². The van der Waals surface area contributed by atoms with Crippen molar-refractivity contribution >= 4 is 0 Å². The minimum absolute atomic E-state index is 0.0310. The SMILES string of the molecule is FC(F)(F)c1ccnc(O[C@H]2CCNC2)c1. The number of nitrogens with zero attached hydrogens (tertiary/aromatic N) is 1. The Balaban J connectivity index is 2.09. The minimum atomic E-state index is -4.35. The van der Waals surface area contributed by atoms with E-state index in [-0.39, 0.29) is 12.0 Å². The first-order chi connectivity index (χ1) is 7.55. The molecule has 1 fully saturated rings. The van der Waals surface area contributed by atoms with Crippen molar-refractivity contribution in [1.29, 1.82) is 0 Å². The molecule has 0 bridgehead atoms. The van der Waals surface area contributed by atoms with Gasteiger partial charge in [-0.3, -0.25) is 0 Å². The molecule has 0 aliphatic carbocycles. The number of rotatable bonds is 2. The number of pyridine rings is 1. The summed E-state index contributed by atoms with van der Waals surface area (Å²) in [5.41, 5.74) is -0.733. The molecule has 0 aromatic carbocycles. The van der Waals surface area contributed by atoms with Gasteiger partial charge in [-0.15, -0.1) is 0 Å². The zero-order chi connectivity index (χ0) is 11.6. The van der Waals surface area contributed by atoms with Gasteiger partial charge in [-0.2, -0.15) is 13.2 Å². The molecular formula is C10H11F3N2O. The van der Waals surface area contributed by atoms with Crippen LogP contribution < -0.4 is 10.1 Å². The average molecular weight is 232 g/mol. The normalized spacial score (nSPS) is 21.1. The zero-order valence-corrected chi connectivity index (χ0v) is 8.42. The predicted octanol–water partition coefficient (Wildman–Crippen LogP) is 1.84. The topological polar surface area (TPSA) is 34.1 Å². The fourth-order valence-electron chi connectivity index (χ4n) is 1.55. The molecule has 6 heteroatoms. The summed E-state index contributed by atoms with van der Waals surface area (Å²) in [6.45, 7) is 1.47. The number of nitrogens with one attached hydrogen (secondary N) is 1. The van der Waals surface area contributed by atoms with E-state index in [2.05, 4.69) is 10.3 Å². The molecule has 0 unspecified atom stereocenters. The lowest BCUT2D eigenvalue weighted by atomic mass is 10.2. The summed E-state index contributed by atoms with van der Waals surface area (Å²) in [5, 5.41) is 3.06. The van der Waals surface area contributed by atoms with Gasteiger partial charge >= 0.3 is 6.18 Å². The molecule has 1 aliphatic heterocycles. The lowest BCUT2D eigenvalue weighted by Gasteiger charge is -2.13. The van der Waals surface area contributed by atoms with Crippen molar-refractivity contribution in [2.24, 2.45) is 0 Å². The highest BCUT2D eigenvalue weighted by molar-refractivity contribution is 5.23. The smallest absolute Gasteiger partial charge is 0.416 e. The van der Waals surface area contributed by atoms with E-state index in [1.807, 2.05) is 0 Å². The predicted molar refractivity (Wildman–Crippen MR) is 51.1 cm³/mol. The van der Waals surface area contributed by atoms with Crippen molar-refractivity contribution in [2.45, 2.75) is 18.7 Å². The standard InChI is InChI=1S/C10H11F3N2O/c11-10(12,13)7-1-4-15-9(5-7)16-8-2-3-14-6-8/h1,4-5,8,14H,2-3,6H2/t8-/m0/s1. The maximum atomic E-state index is 12.4. The second-order valence-corrected chi connectivity index (χ2v) is 3.61. The third-order valence-corrected chi connectivity index (χ3v) is 2.36. The van der Waals surface area contributed by atoms with Gasteiger partial charge in [0, 0.05) is 18.8 Å². The minimum Gasteiger partial charge on any atom is -0.473 e. The monoisotopic (exact) mass is 232 g/mol. The molecule has 0 spiro atoms. The van der Waals surface area contributed by atoms with E-state index in [4.69, 9.17) is 4.74 Å². The van der Waals surface area contributed by atoms with Crippen LogP contribution in [-0.4, -0.2) is 24.2 Å². The fourth-order valence-corrected chi connectivity index (χ4v) is 1.55. The third kappa shape index (κ3) is 2.63. The van der Waals surface area contributed by atoms with Crippen LogP contribution in [0.3, 0.4) is 0 Å². The summed E-state index contributed by atoms with van der Waals surface area (Å²) >= 11 is 0. The van der Waals surface area contributed by atoms with Crippen LogP contribution in [0.15, 0.2) is 18.3 Å². The molecule has 2 heterocycles. The third-order valence-electron chi connectivity index (χ3n) is 2.36. The van der Waals surface area contributed by atoms with Gasteiger partial charge in [-0.25, -0.2) is 4.98 Å². The molecule has 1 saturated heterocycles. The molecular weight excluding hydrogens is 221 g/mol. The second-order valence-electron chi connectivity index (χ2n) is 3.61. The van der Waals surface area contributed by atoms with Crippen molar-refractivity contribution in [2.75, 3.05) is 13.1 Å². The maximum absolute atomic E-state index is 12.4. The Kier molecular flexibility index (Phi) is 3.00. The van der Waals surface area contributed by atoms with Crippen molar-refractivity contribution in [1.82, 2.24) is 10.3 Å². The molecule has 16 heavy (non-hydrogen) atoms. The van der Waals surface area contributed by atoms with E-state index in [1.54, 1.807) is 0 Å². The molecule has 1 atom stereocenters. The van der Waals surface area contributed by atoms with E-state index in [9.17, 15) is 13.2 Å². The first kappa shape index (κ1) is 11.2. The first-order valence-corrected chi connectivity index (χ1v) is 4.96. The van der Waals surface area contributed by atoms with Crippen molar-refractivity contribution in [3.8, 4) is 5.88 Å². The van der Waals surface area contributed by atoms with Crippen LogP contribution >= 0.6 is 0 Å². The fraction of sp³-hybridized carbons (Fsp3) is 0.500. The number of aromatic nitrogens is 1. The maximum Gasteiger partial charge on any atom is 0.416 e. The van der Waals surface area contributed by atoms with Crippen LogP contribution in [0.5, 0.6) is 5.88 Å². The molecule has 0 radical (unpaired) electrons. The highest BCUT2D eigenvalue weighted by Gasteiger charge is 2.31. The van der Waals surface area contributed by atoms with Crippen LogP contribution in [0.2, 0.25) is 0 Å². The summed E-state index contributed by atoms with van der Waals surface area (Å²) in [5.74, 6) is 0.0310. The molecule has 0 saturated carbocycles. The summed E-state index contributed by atoms with van der Waals surface area (Å²) in [7, 11) is 0. The van der Waals surface area contributed by atoms with Crippen molar-refractivity contribution < 1.29 is 17.9 Å². The first-order valence-electron chi connectivity index (χ1n) is 4.96. The summed E-state index contributed by atoms with van der Waals surface area (Å²) in [6.07, 6.45) is -2.54. The summed E-state index contributed by atoms with van der Waals surface area (Å²) in [4.78, 5) is 3.77. The van der Waals surface area contributed by atoms with Gasteiger partial charge in [0.05, 0.1) is 5.56 Å². The van der Waals surface area contributed by atoms with Crippen molar-refractivity contribution in [3.63, 3.8) is 0 Å². The van der Waals surface area contributed by atoms with Crippen LogP contribution in [0.1, 0.15) is 12.0 Å². The molecule has 2 rings (SSSR count). The Morgan fingerprint density at radius 3 is 2.88 bits per heavy atom. The average Bonchev–Trinajstić information content (AvgIpc) is 2.70. The lowest BCUT2D eigenvalue weighted by molar-refractivity contribution is -0.137. The Hall–Kier alpha value is -1.30. The molecule has 1 aromatic heterocycles. The van der Waals surface area contributed by atoms with Gasteiger partial charge < -0.3 is 10.1 Å². The summed E-state index contributed by atoms with van der Waals surface area (Å²) in [6, 6.07) is 1.86. The Labute approximate surface area is 90.6 Å². The van der Waals surface area contributed by atoms with Gasteiger partial charge in [0.2, 0.25) is 5.88 Å². The quantitative estimate of drug-likeness (QED) is 0.844. The van der Waals surface area contributed by atoms with E-state index in [1.165, 1.54) is 0 Å². The van der Waals surface area contributed by atoms with E-state index in [0.717, 1.165) is 31.3 Å². The lowest BCUT2D eigenvalue weighted by Crippen LogP contribution is -2.20. The molecule has 1 aromatic rings. The van der Waals surface area contributed by atoms with Gasteiger partial charge in [-0.05, 0) is 19.0 Å². The summed E-state index contributed by atoms with van der Waals surface area (Å²) < 4.78 is 42.5. The Morgan fingerprint density at radius 1 is 1.44 bits per heavy atom. The van der Waals surface area contributed by atoms with Crippen LogP contribution in [0.4, 0.5) is 13.2 Å². The highest BCUT2D eigenvalue weighted by atomic mass is 19.4. The number of hydrogen-bond donors (Lipinski definition) is 1. The van der Waals surface area contributed by atoms with Crippen LogP contribution in [-0.2, 0) is 6.18 Å². The van der Waals surface area contributed by atoms with E-state index >= 15 is 0 Å². The van der Waals surface area contributed by atoms with E-state index < -0.39 is 11.7 Å². The van der Waals surface area contributed by atoms with Gasteiger partial charge in [-0.1, -0.05) is 0 Å². The van der Waals surface area contributed by atoms with Gasteiger partial charge in [0.15, 0.2) is 0 Å². The van der Waals surface area contributed by atoms with E-state index in [0.29, 0.717) is 6.54 Å². The molecule has 0 amide bonds. The van der Waals surface area contributed by atoms with Crippen molar-refractivity contribution in [3.05, 3.63) is 23.9 Å². The van der Waals surface area contributed by atoms with Gasteiger partial charge in [0.1, 0.15) is 6.10 Å². The second kappa shape index (κ2) is 4.29. The molecule has 1 aliphatic rings. The number of ether oxygens (including phenoxy) is 1. The number of hydrogen-bond acceptors (Lipinski definition) is 3. The molecule has 1 N–H and O–H groups in total. The number of alkyl halides is 3. The van der Waals surface area contributed by atoms with Crippen LogP contribution in [0.25, 0.3) is 0 Å². The molecule has 88 valence electrons. The molecule has 3 nitrogen and oxygen atoms in total. The van der Waals surface area contributed by atoms with Gasteiger partial charge in [0.25, 0.3) is 0 Å². The largest absolute Gasteiger partial charge is 0.473 e. The Bertz CT molecular complexity index is 361. The zero-order valence-electron chi connectivity index (χ0n) is 8.42.